The minimum Gasteiger partial charge on any atom is -0.392 e. The Hall–Kier alpha value is -1.68. The van der Waals surface area contributed by atoms with Crippen LogP contribution in [0, 0.1) is 11.8 Å². The predicted molar refractivity (Wildman–Crippen MR) is 130 cm³/mol. The summed E-state index contributed by atoms with van der Waals surface area (Å²) in [5.74, 6) is 0.447. The number of hydrogen-bond acceptors (Lipinski definition) is 3. The van der Waals surface area contributed by atoms with Gasteiger partial charge in [-0.1, -0.05) is 46.6 Å². The quantitative estimate of drug-likeness (QED) is 0.166. The Balaban J connectivity index is 0.000000787. The molecule has 1 aliphatic carbocycles. The van der Waals surface area contributed by atoms with Crippen LogP contribution in [-0.4, -0.2) is 24.4 Å². The van der Waals surface area contributed by atoms with Gasteiger partial charge < -0.3 is 5.11 Å². The fourth-order valence-electron chi connectivity index (χ4n) is 3.20. The van der Waals surface area contributed by atoms with Crippen LogP contribution in [0.15, 0.2) is 71.9 Å². The fraction of sp³-hybridized carbons (Fsp3) is 0.556. The molecular weight excluding hydrogens is 372 g/mol. The first-order valence-corrected chi connectivity index (χ1v) is 10.9. The molecule has 1 unspecified atom stereocenters. The first-order chi connectivity index (χ1) is 14.2. The van der Waals surface area contributed by atoms with Crippen molar-refractivity contribution < 1.29 is 14.9 Å². The van der Waals surface area contributed by atoms with Gasteiger partial charge in [-0.15, -0.1) is 19.7 Å². The summed E-state index contributed by atoms with van der Waals surface area (Å²) in [6, 6.07) is 0. The molecule has 0 bridgehead atoms. The molecule has 1 rings (SSSR count). The van der Waals surface area contributed by atoms with Crippen LogP contribution in [0.1, 0.15) is 67.2 Å². The Labute approximate surface area is 185 Å². The lowest BCUT2D eigenvalue weighted by atomic mass is 9.76. The monoisotopic (exact) mass is 416 g/mol. The molecule has 0 saturated heterocycles. The molecule has 0 saturated carbocycles. The lowest BCUT2D eigenvalue weighted by Crippen LogP contribution is -2.31. The van der Waals surface area contributed by atoms with Gasteiger partial charge >= 0.3 is 0 Å². The summed E-state index contributed by atoms with van der Waals surface area (Å²) in [5.41, 5.74) is 5.97. The second kappa shape index (κ2) is 16.1. The van der Waals surface area contributed by atoms with E-state index in [1.165, 1.54) is 16.7 Å². The van der Waals surface area contributed by atoms with E-state index in [0.717, 1.165) is 36.8 Å². The van der Waals surface area contributed by atoms with Crippen molar-refractivity contribution in [3.05, 3.63) is 71.9 Å². The van der Waals surface area contributed by atoms with E-state index >= 15 is 0 Å². The van der Waals surface area contributed by atoms with Gasteiger partial charge in [0.1, 0.15) is 6.10 Å². The van der Waals surface area contributed by atoms with Gasteiger partial charge in [0.2, 0.25) is 0 Å². The molecule has 30 heavy (non-hydrogen) atoms. The Bertz CT molecular complexity index is 632. The van der Waals surface area contributed by atoms with Crippen molar-refractivity contribution in [3.63, 3.8) is 0 Å². The summed E-state index contributed by atoms with van der Waals surface area (Å²) < 4.78 is 0. The van der Waals surface area contributed by atoms with Crippen molar-refractivity contribution in [2.45, 2.75) is 73.3 Å². The zero-order chi connectivity index (χ0) is 23.1. The van der Waals surface area contributed by atoms with E-state index in [2.05, 4.69) is 59.6 Å². The molecule has 0 amide bonds. The molecule has 0 aromatic heterocycles. The van der Waals surface area contributed by atoms with Crippen LogP contribution in [0.5, 0.6) is 0 Å². The zero-order valence-corrected chi connectivity index (χ0v) is 20.2. The Morgan fingerprint density at radius 2 is 1.80 bits per heavy atom. The molecule has 3 nitrogen and oxygen atoms in total. The minimum atomic E-state index is -0.162. The van der Waals surface area contributed by atoms with Crippen molar-refractivity contribution in [2.75, 3.05) is 13.2 Å². The standard InChI is InChI=1S/C18H28O3.C9H16/c1-6-15-11-17(16(7-2)12-19)18(10-14(15)5)21-20-9-8-13(3)4;1-8(2)6-5-7-9(3)4/h6-7,10,15,17-19H,1,3,8-9,11-12H2,2,4-5H3;7H,1,5-6H2,2-4H3/b16-7-;/t15-,17+,18?;/m0./s1. The highest BCUT2D eigenvalue weighted by Gasteiger charge is 2.31. The maximum absolute atomic E-state index is 9.54. The molecule has 0 radical (unpaired) electrons. The number of aliphatic hydroxyl groups excluding tert-OH is 1. The van der Waals surface area contributed by atoms with Crippen molar-refractivity contribution in [2.24, 2.45) is 11.8 Å². The van der Waals surface area contributed by atoms with Crippen LogP contribution < -0.4 is 0 Å². The second-order valence-corrected chi connectivity index (χ2v) is 8.48. The van der Waals surface area contributed by atoms with Gasteiger partial charge in [0.25, 0.3) is 0 Å². The van der Waals surface area contributed by atoms with Gasteiger partial charge in [-0.2, -0.15) is 0 Å². The highest BCUT2D eigenvalue weighted by atomic mass is 17.2. The first-order valence-electron chi connectivity index (χ1n) is 10.9. The topological polar surface area (TPSA) is 38.7 Å². The molecule has 0 spiro atoms. The summed E-state index contributed by atoms with van der Waals surface area (Å²) in [6.07, 6.45) is 12.0. The van der Waals surface area contributed by atoms with Crippen molar-refractivity contribution in [1.82, 2.24) is 0 Å². The number of hydrogen-bond donors (Lipinski definition) is 1. The Morgan fingerprint density at radius 1 is 1.17 bits per heavy atom. The average Bonchev–Trinajstić information content (AvgIpc) is 2.67. The van der Waals surface area contributed by atoms with Gasteiger partial charge in [0, 0.05) is 5.92 Å². The van der Waals surface area contributed by atoms with Crippen LogP contribution in [0.25, 0.3) is 0 Å². The third-order valence-corrected chi connectivity index (χ3v) is 5.15. The van der Waals surface area contributed by atoms with E-state index in [1.807, 2.05) is 26.0 Å². The average molecular weight is 417 g/mol. The van der Waals surface area contributed by atoms with Crippen LogP contribution in [0.2, 0.25) is 0 Å². The maximum Gasteiger partial charge on any atom is 0.118 e. The molecule has 170 valence electrons. The largest absolute Gasteiger partial charge is 0.392 e. The summed E-state index contributed by atoms with van der Waals surface area (Å²) in [7, 11) is 0. The molecule has 3 heteroatoms. The van der Waals surface area contributed by atoms with Crippen LogP contribution in [-0.2, 0) is 9.78 Å². The maximum atomic E-state index is 9.54. The van der Waals surface area contributed by atoms with Gasteiger partial charge in [-0.25, -0.2) is 9.78 Å². The molecule has 1 N–H and O–H groups in total. The molecule has 1 aliphatic rings. The normalized spacial score (nSPS) is 21.1. The molecule has 3 atom stereocenters. The van der Waals surface area contributed by atoms with E-state index in [0.29, 0.717) is 12.5 Å². The highest BCUT2D eigenvalue weighted by molar-refractivity contribution is 5.23. The van der Waals surface area contributed by atoms with Gasteiger partial charge in [-0.3, -0.25) is 0 Å². The van der Waals surface area contributed by atoms with Crippen LogP contribution >= 0.6 is 0 Å². The van der Waals surface area contributed by atoms with Crippen molar-refractivity contribution >= 4 is 0 Å². The van der Waals surface area contributed by atoms with E-state index < -0.39 is 0 Å². The summed E-state index contributed by atoms with van der Waals surface area (Å²) in [5, 5.41) is 9.54. The van der Waals surface area contributed by atoms with Gasteiger partial charge in [0.05, 0.1) is 13.2 Å². The third kappa shape index (κ3) is 12.1. The summed E-state index contributed by atoms with van der Waals surface area (Å²) in [6.45, 7) is 24.4. The Kier molecular flexibility index (Phi) is 15.2. The number of aliphatic hydroxyl groups is 1. The highest BCUT2D eigenvalue weighted by Crippen LogP contribution is 2.35. The van der Waals surface area contributed by atoms with E-state index in [-0.39, 0.29) is 18.6 Å². The summed E-state index contributed by atoms with van der Waals surface area (Å²) >= 11 is 0. The minimum absolute atomic E-state index is 0.0452. The van der Waals surface area contributed by atoms with Crippen molar-refractivity contribution in [3.8, 4) is 0 Å². The lowest BCUT2D eigenvalue weighted by molar-refractivity contribution is -0.321. The molecule has 0 aromatic rings. The van der Waals surface area contributed by atoms with E-state index in [9.17, 15) is 5.11 Å². The molecule has 0 fully saturated rings. The third-order valence-electron chi connectivity index (χ3n) is 5.15. The Morgan fingerprint density at radius 3 is 2.27 bits per heavy atom. The predicted octanol–water partition coefficient (Wildman–Crippen LogP) is 7.29. The molecule has 0 aromatic carbocycles. The van der Waals surface area contributed by atoms with E-state index in [4.69, 9.17) is 9.78 Å². The molecular formula is C27H44O3. The SMILES string of the molecule is C=C(C)CCC=C(C)C.C=C[C@H]1C[C@H](/C(=C\C)CO)C(OOCCC(=C)C)C=C1C. The van der Waals surface area contributed by atoms with Gasteiger partial charge in [0.15, 0.2) is 0 Å². The summed E-state index contributed by atoms with van der Waals surface area (Å²) in [4.78, 5) is 10.9. The number of rotatable bonds is 11. The molecule has 0 aliphatic heterocycles. The zero-order valence-electron chi connectivity index (χ0n) is 20.2. The van der Waals surface area contributed by atoms with Crippen molar-refractivity contribution in [1.29, 1.82) is 0 Å². The lowest BCUT2D eigenvalue weighted by Gasteiger charge is -2.33. The fourth-order valence-corrected chi connectivity index (χ4v) is 3.20. The van der Waals surface area contributed by atoms with Gasteiger partial charge in [-0.05, 0) is 78.7 Å². The van der Waals surface area contributed by atoms with Crippen LogP contribution in [0.3, 0.4) is 0 Å². The van der Waals surface area contributed by atoms with E-state index in [1.54, 1.807) is 0 Å². The number of allylic oxidation sites excluding steroid dienone is 6. The second-order valence-electron chi connectivity index (χ2n) is 8.48. The molecule has 0 heterocycles. The first kappa shape index (κ1) is 28.3. The van der Waals surface area contributed by atoms with Crippen LogP contribution in [0.4, 0.5) is 0 Å². The smallest absolute Gasteiger partial charge is 0.118 e.